The van der Waals surface area contributed by atoms with E-state index in [2.05, 4.69) is 57.2 Å². The average Bonchev–Trinajstić information content (AvgIpc) is 3.22. The summed E-state index contributed by atoms with van der Waals surface area (Å²) >= 11 is 0. The number of hydrogen-bond donors (Lipinski definition) is 3. The van der Waals surface area contributed by atoms with Gasteiger partial charge in [-0.15, -0.1) is 0 Å². The van der Waals surface area contributed by atoms with Crippen LogP contribution in [0.2, 0.25) is 0 Å². The maximum absolute atomic E-state index is 10.3. The SMILES string of the molecule is CCCCCC/C=C\CCCCCCCCCC(=O)O.CCCCCC/C=C\CCCCCCCCCC(=O)O.CCCCCC/C=C\CCCCCCCCCC(=O)O.[Pr]. The van der Waals surface area contributed by atoms with Gasteiger partial charge in [-0.25, -0.2) is 0 Å². The minimum absolute atomic E-state index is 0. The Labute approximate surface area is 412 Å². The summed E-state index contributed by atoms with van der Waals surface area (Å²) in [5.74, 6) is -1.98. The van der Waals surface area contributed by atoms with E-state index in [9.17, 15) is 14.4 Å². The summed E-state index contributed by atoms with van der Waals surface area (Å²) < 4.78 is 0. The van der Waals surface area contributed by atoms with E-state index in [4.69, 9.17) is 15.3 Å². The Kier molecular flexibility index (Phi) is 69.1. The summed E-state index contributed by atoms with van der Waals surface area (Å²) in [6, 6.07) is 0. The molecule has 0 aromatic rings. The fourth-order valence-electron chi connectivity index (χ4n) is 7.04. The number of hydrogen-bond acceptors (Lipinski definition) is 3. The van der Waals surface area contributed by atoms with Gasteiger partial charge >= 0.3 is 17.9 Å². The summed E-state index contributed by atoms with van der Waals surface area (Å²) in [5, 5.41) is 25.5. The van der Waals surface area contributed by atoms with E-state index < -0.39 is 17.9 Å². The van der Waals surface area contributed by atoms with Gasteiger partial charge < -0.3 is 15.3 Å². The van der Waals surface area contributed by atoms with Gasteiger partial charge in [-0.3, -0.25) is 14.4 Å². The zero-order valence-corrected chi connectivity index (χ0v) is 44.5. The zero-order valence-electron chi connectivity index (χ0n) is 40.8. The molecule has 3 N–H and O–H groups in total. The molecular formula is C54H102O6Pr. The minimum atomic E-state index is -0.661. The Hall–Kier alpha value is -1.01. The van der Waals surface area contributed by atoms with Crippen molar-refractivity contribution in [3.8, 4) is 0 Å². The molecule has 0 spiro atoms. The molecule has 0 unspecified atom stereocenters. The standard InChI is InChI=1S/3C18H34O2.Pr/c3*1-2-3-4-5-6-7-8-9-10-11-12-13-14-15-16-17-18(19)20;/h3*7-8H,2-6,9-17H2,1H3,(H,19,20);/b3*8-7-;. The van der Waals surface area contributed by atoms with E-state index in [1.807, 2.05) is 0 Å². The molecule has 0 saturated carbocycles. The van der Waals surface area contributed by atoms with Gasteiger partial charge in [0, 0.05) is 60.6 Å². The third kappa shape index (κ3) is 76.7. The van der Waals surface area contributed by atoms with Gasteiger partial charge in [-0.05, 0) is 96.3 Å². The van der Waals surface area contributed by atoms with Crippen molar-refractivity contribution in [2.75, 3.05) is 0 Å². The Morgan fingerprint density at radius 3 is 0.574 bits per heavy atom. The number of allylic oxidation sites excluding steroid dienone is 6. The first-order chi connectivity index (χ1) is 29.3. The summed E-state index contributed by atoms with van der Waals surface area (Å²) in [5.41, 5.74) is 0. The molecule has 0 aromatic heterocycles. The molecule has 61 heavy (non-hydrogen) atoms. The largest absolute Gasteiger partial charge is 0.481 e. The first kappa shape index (κ1) is 66.6. The van der Waals surface area contributed by atoms with Crippen LogP contribution in [-0.2, 0) is 14.4 Å². The van der Waals surface area contributed by atoms with E-state index in [0.29, 0.717) is 19.3 Å². The molecule has 0 aliphatic rings. The van der Waals surface area contributed by atoms with Crippen molar-refractivity contribution >= 4 is 17.9 Å². The molecule has 0 saturated heterocycles. The number of unbranched alkanes of at least 4 members (excludes halogenated alkanes) is 33. The second kappa shape index (κ2) is 63.3. The number of carboxylic acid groups (broad SMARTS) is 3. The van der Waals surface area contributed by atoms with Crippen molar-refractivity contribution in [1.29, 1.82) is 0 Å². The van der Waals surface area contributed by atoms with Gasteiger partial charge in [0.2, 0.25) is 0 Å². The second-order valence-corrected chi connectivity index (χ2v) is 17.2. The first-order valence-electron chi connectivity index (χ1n) is 25.9. The first-order valence-corrected chi connectivity index (χ1v) is 25.9. The Balaban J connectivity index is -0.000000396. The normalized spacial score (nSPS) is 11.1. The van der Waals surface area contributed by atoms with Crippen LogP contribution in [-0.4, -0.2) is 33.2 Å². The molecule has 6 nitrogen and oxygen atoms in total. The minimum Gasteiger partial charge on any atom is -0.481 e. The number of carboxylic acids is 3. The summed E-state index contributed by atoms with van der Waals surface area (Å²) in [6.45, 7) is 6.76. The van der Waals surface area contributed by atoms with Crippen LogP contribution in [0.25, 0.3) is 0 Å². The molecule has 0 fully saturated rings. The van der Waals surface area contributed by atoms with Crippen molar-refractivity contribution in [2.45, 2.75) is 290 Å². The fraction of sp³-hybridized carbons (Fsp3) is 0.833. The van der Waals surface area contributed by atoms with Crippen LogP contribution in [0.4, 0.5) is 0 Å². The smallest absolute Gasteiger partial charge is 0.303 e. The molecule has 0 aliphatic carbocycles. The molecule has 0 aromatic carbocycles. The maximum Gasteiger partial charge on any atom is 0.303 e. The van der Waals surface area contributed by atoms with Crippen LogP contribution in [0.15, 0.2) is 36.5 Å². The van der Waals surface area contributed by atoms with Gasteiger partial charge in [0.05, 0.1) is 0 Å². The van der Waals surface area contributed by atoms with E-state index in [1.165, 1.54) is 212 Å². The molecule has 357 valence electrons. The Morgan fingerprint density at radius 1 is 0.262 bits per heavy atom. The van der Waals surface area contributed by atoms with Crippen LogP contribution >= 0.6 is 0 Å². The average molecular weight is 988 g/mol. The predicted molar refractivity (Wildman–Crippen MR) is 261 cm³/mol. The van der Waals surface area contributed by atoms with E-state index >= 15 is 0 Å². The van der Waals surface area contributed by atoms with Crippen molar-refractivity contribution in [1.82, 2.24) is 0 Å². The van der Waals surface area contributed by atoms with Crippen LogP contribution < -0.4 is 0 Å². The topological polar surface area (TPSA) is 112 Å². The number of carbonyl (C=O) groups is 3. The third-order valence-corrected chi connectivity index (χ3v) is 11.0. The predicted octanol–water partition coefficient (Wildman–Crippen LogP) is 18.3. The Morgan fingerprint density at radius 2 is 0.410 bits per heavy atom. The van der Waals surface area contributed by atoms with Crippen LogP contribution in [0, 0.1) is 41.3 Å². The van der Waals surface area contributed by atoms with Crippen LogP contribution in [0.5, 0.6) is 0 Å². The van der Waals surface area contributed by atoms with Gasteiger partial charge in [-0.2, -0.15) is 0 Å². The quantitative estimate of drug-likeness (QED) is 0.0414. The molecule has 0 rings (SSSR count). The Bertz CT molecular complexity index is 827. The van der Waals surface area contributed by atoms with Crippen molar-refractivity contribution in [3.05, 3.63) is 36.5 Å². The molecule has 0 amide bonds. The summed E-state index contributed by atoms with van der Waals surface area (Å²) in [6.07, 6.45) is 63.7. The molecule has 0 heterocycles. The van der Waals surface area contributed by atoms with Crippen molar-refractivity contribution in [3.63, 3.8) is 0 Å². The molecule has 0 atom stereocenters. The van der Waals surface area contributed by atoms with Crippen molar-refractivity contribution < 1.29 is 71.0 Å². The molecule has 1 radical (unpaired) electrons. The second-order valence-electron chi connectivity index (χ2n) is 17.2. The van der Waals surface area contributed by atoms with Crippen molar-refractivity contribution in [2.24, 2.45) is 0 Å². The fourth-order valence-corrected chi connectivity index (χ4v) is 7.04. The summed E-state index contributed by atoms with van der Waals surface area (Å²) in [4.78, 5) is 31.0. The van der Waals surface area contributed by atoms with Gasteiger partial charge in [-0.1, -0.05) is 211 Å². The third-order valence-electron chi connectivity index (χ3n) is 11.0. The molecule has 0 bridgehead atoms. The van der Waals surface area contributed by atoms with Crippen LogP contribution in [0.3, 0.4) is 0 Å². The van der Waals surface area contributed by atoms with E-state index in [-0.39, 0.29) is 41.3 Å². The monoisotopic (exact) mass is 988 g/mol. The van der Waals surface area contributed by atoms with E-state index in [0.717, 1.165) is 38.5 Å². The van der Waals surface area contributed by atoms with Crippen LogP contribution in [0.1, 0.15) is 290 Å². The number of rotatable bonds is 45. The van der Waals surface area contributed by atoms with E-state index in [1.54, 1.807) is 0 Å². The summed E-state index contributed by atoms with van der Waals surface area (Å²) in [7, 11) is 0. The molecule has 7 heteroatoms. The molecule has 0 aliphatic heterocycles. The van der Waals surface area contributed by atoms with Gasteiger partial charge in [0.25, 0.3) is 0 Å². The number of aliphatic carboxylic acids is 3. The zero-order chi connectivity index (χ0) is 44.7. The molecular weight excluding hydrogens is 885 g/mol. The van der Waals surface area contributed by atoms with Gasteiger partial charge in [0.1, 0.15) is 0 Å². The maximum atomic E-state index is 10.3. The van der Waals surface area contributed by atoms with Gasteiger partial charge in [0.15, 0.2) is 0 Å².